The molecule has 0 aliphatic heterocycles. The molecule has 0 spiro atoms. The summed E-state index contributed by atoms with van der Waals surface area (Å²) in [5, 5.41) is 0.859. The van der Waals surface area contributed by atoms with Crippen molar-refractivity contribution in [2.24, 2.45) is 0 Å². The third-order valence-corrected chi connectivity index (χ3v) is 3.74. The molecule has 2 nitrogen and oxygen atoms in total. The Labute approximate surface area is 122 Å². The molecule has 0 rings (SSSR count). The molecule has 0 aliphatic carbocycles. The van der Waals surface area contributed by atoms with Gasteiger partial charge in [0.15, 0.2) is 0 Å². The van der Waals surface area contributed by atoms with E-state index in [-0.39, 0.29) is 6.10 Å². The zero-order valence-corrected chi connectivity index (χ0v) is 13.8. The fraction of sp³-hybridized carbons (Fsp3) is 1.00. The number of rotatable bonds is 14. The summed E-state index contributed by atoms with van der Waals surface area (Å²) in [6, 6.07) is 0. The van der Waals surface area contributed by atoms with Crippen LogP contribution in [-0.4, -0.2) is 31.3 Å². The Kier molecular flexibility index (Phi) is 15.8. The summed E-state index contributed by atoms with van der Waals surface area (Å²) in [5.74, 6) is 0. The van der Waals surface area contributed by atoms with Gasteiger partial charge in [-0.3, -0.25) is 0 Å². The van der Waals surface area contributed by atoms with Crippen LogP contribution in [0.15, 0.2) is 0 Å². The van der Waals surface area contributed by atoms with E-state index in [4.69, 9.17) is 9.47 Å². The second-order valence-corrected chi connectivity index (χ2v) is 5.43. The molecule has 0 amide bonds. The smallest absolute Gasteiger partial charge is 0.0904 e. The Balaban J connectivity index is 3.10. The van der Waals surface area contributed by atoms with Gasteiger partial charge in [-0.05, 0) is 13.3 Å². The van der Waals surface area contributed by atoms with Crippen LogP contribution in [0.25, 0.3) is 0 Å². The average Bonchev–Trinajstić information content (AvgIpc) is 2.39. The van der Waals surface area contributed by atoms with Crippen molar-refractivity contribution >= 4 is 15.9 Å². The van der Waals surface area contributed by atoms with Crippen LogP contribution in [0.5, 0.6) is 0 Å². The van der Waals surface area contributed by atoms with Gasteiger partial charge in [0, 0.05) is 18.5 Å². The molecule has 3 heteroatoms. The quantitative estimate of drug-likeness (QED) is 0.333. The monoisotopic (exact) mass is 322 g/mol. The summed E-state index contributed by atoms with van der Waals surface area (Å²) in [7, 11) is 0. The van der Waals surface area contributed by atoms with Gasteiger partial charge in [-0.15, -0.1) is 0 Å². The van der Waals surface area contributed by atoms with Gasteiger partial charge in [-0.1, -0.05) is 67.8 Å². The SMILES string of the molecule is CCCCCCCCCCOCC(CBr)OCC. The Morgan fingerprint density at radius 1 is 0.889 bits per heavy atom. The molecular formula is C15H31BrO2. The maximum atomic E-state index is 5.63. The van der Waals surface area contributed by atoms with Gasteiger partial charge < -0.3 is 9.47 Å². The molecule has 0 aliphatic rings. The highest BCUT2D eigenvalue weighted by molar-refractivity contribution is 9.09. The predicted molar refractivity (Wildman–Crippen MR) is 82.6 cm³/mol. The lowest BCUT2D eigenvalue weighted by atomic mass is 10.1. The molecule has 0 radical (unpaired) electrons. The minimum atomic E-state index is 0.212. The van der Waals surface area contributed by atoms with Crippen LogP contribution in [0, 0.1) is 0 Å². The van der Waals surface area contributed by atoms with E-state index in [0.717, 1.165) is 25.2 Å². The van der Waals surface area contributed by atoms with E-state index in [1.54, 1.807) is 0 Å². The van der Waals surface area contributed by atoms with E-state index in [0.29, 0.717) is 0 Å². The van der Waals surface area contributed by atoms with Crippen LogP contribution in [0.1, 0.15) is 65.2 Å². The molecule has 0 saturated heterocycles. The van der Waals surface area contributed by atoms with Crippen molar-refractivity contribution < 1.29 is 9.47 Å². The first-order valence-corrected chi connectivity index (χ1v) is 8.72. The molecule has 0 heterocycles. The van der Waals surface area contributed by atoms with Gasteiger partial charge in [-0.25, -0.2) is 0 Å². The van der Waals surface area contributed by atoms with E-state index in [1.165, 1.54) is 51.4 Å². The highest BCUT2D eigenvalue weighted by Crippen LogP contribution is 2.08. The van der Waals surface area contributed by atoms with Crippen LogP contribution in [0.4, 0.5) is 0 Å². The second-order valence-electron chi connectivity index (χ2n) is 4.78. The van der Waals surface area contributed by atoms with Crippen LogP contribution < -0.4 is 0 Å². The van der Waals surface area contributed by atoms with Gasteiger partial charge in [0.1, 0.15) is 0 Å². The van der Waals surface area contributed by atoms with Crippen LogP contribution in [-0.2, 0) is 9.47 Å². The van der Waals surface area contributed by atoms with Crippen molar-refractivity contribution in [2.75, 3.05) is 25.2 Å². The van der Waals surface area contributed by atoms with E-state index < -0.39 is 0 Å². The number of ether oxygens (including phenoxy) is 2. The molecule has 0 N–H and O–H groups in total. The first kappa shape index (κ1) is 18.4. The molecule has 1 atom stereocenters. The molecule has 1 unspecified atom stereocenters. The lowest BCUT2D eigenvalue weighted by Crippen LogP contribution is -2.21. The van der Waals surface area contributed by atoms with Crippen LogP contribution in [0.2, 0.25) is 0 Å². The van der Waals surface area contributed by atoms with Gasteiger partial charge in [0.25, 0.3) is 0 Å². The first-order valence-electron chi connectivity index (χ1n) is 7.60. The second kappa shape index (κ2) is 15.5. The third kappa shape index (κ3) is 12.8. The lowest BCUT2D eigenvalue weighted by Gasteiger charge is -2.14. The van der Waals surface area contributed by atoms with Gasteiger partial charge in [-0.2, -0.15) is 0 Å². The largest absolute Gasteiger partial charge is 0.379 e. The molecule has 0 bridgehead atoms. The summed E-state index contributed by atoms with van der Waals surface area (Å²) in [5.41, 5.74) is 0. The molecule has 0 aromatic heterocycles. The Morgan fingerprint density at radius 2 is 1.50 bits per heavy atom. The number of halogens is 1. The number of unbranched alkanes of at least 4 members (excludes halogenated alkanes) is 7. The average molecular weight is 323 g/mol. The zero-order valence-electron chi connectivity index (χ0n) is 12.3. The Bertz CT molecular complexity index is 153. The maximum absolute atomic E-state index is 5.63. The van der Waals surface area contributed by atoms with Crippen LogP contribution in [0.3, 0.4) is 0 Å². The highest BCUT2D eigenvalue weighted by atomic mass is 79.9. The summed E-state index contributed by atoms with van der Waals surface area (Å²) in [6.45, 7) is 6.65. The van der Waals surface area contributed by atoms with Crippen molar-refractivity contribution in [2.45, 2.75) is 71.3 Å². The Morgan fingerprint density at radius 3 is 2.06 bits per heavy atom. The molecular weight excluding hydrogens is 292 g/mol. The fourth-order valence-corrected chi connectivity index (χ4v) is 2.30. The van der Waals surface area contributed by atoms with Crippen molar-refractivity contribution in [1.29, 1.82) is 0 Å². The number of hydrogen-bond acceptors (Lipinski definition) is 2. The van der Waals surface area contributed by atoms with Gasteiger partial charge in [0.05, 0.1) is 12.7 Å². The first-order chi connectivity index (χ1) is 8.85. The number of hydrogen-bond donors (Lipinski definition) is 0. The zero-order chi connectivity index (χ0) is 13.5. The summed E-state index contributed by atoms with van der Waals surface area (Å²) in [4.78, 5) is 0. The summed E-state index contributed by atoms with van der Waals surface area (Å²) >= 11 is 3.44. The van der Waals surface area contributed by atoms with Crippen molar-refractivity contribution in [3.8, 4) is 0 Å². The molecule has 0 fully saturated rings. The molecule has 18 heavy (non-hydrogen) atoms. The van der Waals surface area contributed by atoms with Crippen molar-refractivity contribution in [1.82, 2.24) is 0 Å². The molecule has 0 aromatic rings. The number of alkyl halides is 1. The predicted octanol–water partition coefficient (Wildman–Crippen LogP) is 4.94. The third-order valence-electron chi connectivity index (χ3n) is 3.02. The highest BCUT2D eigenvalue weighted by Gasteiger charge is 2.05. The van der Waals surface area contributed by atoms with Gasteiger partial charge in [0.2, 0.25) is 0 Å². The summed E-state index contributed by atoms with van der Waals surface area (Å²) < 4.78 is 11.1. The molecule has 0 aromatic carbocycles. The van der Waals surface area contributed by atoms with Gasteiger partial charge >= 0.3 is 0 Å². The van der Waals surface area contributed by atoms with Crippen LogP contribution >= 0.6 is 15.9 Å². The van der Waals surface area contributed by atoms with E-state index in [1.807, 2.05) is 6.92 Å². The van der Waals surface area contributed by atoms with Crippen molar-refractivity contribution in [3.05, 3.63) is 0 Å². The summed E-state index contributed by atoms with van der Waals surface area (Å²) in [6.07, 6.45) is 11.0. The molecule has 110 valence electrons. The van der Waals surface area contributed by atoms with E-state index in [9.17, 15) is 0 Å². The standard InChI is InChI=1S/C15H31BrO2/c1-3-5-6-7-8-9-10-11-12-17-14-15(13-16)18-4-2/h15H,3-14H2,1-2H3. The maximum Gasteiger partial charge on any atom is 0.0904 e. The minimum absolute atomic E-state index is 0.212. The van der Waals surface area contributed by atoms with Crippen molar-refractivity contribution in [3.63, 3.8) is 0 Å². The van der Waals surface area contributed by atoms with E-state index >= 15 is 0 Å². The van der Waals surface area contributed by atoms with E-state index in [2.05, 4.69) is 22.9 Å². The minimum Gasteiger partial charge on any atom is -0.379 e. The lowest BCUT2D eigenvalue weighted by molar-refractivity contribution is 0.000744. The molecule has 0 saturated carbocycles. The normalized spacial score (nSPS) is 12.8. The fourth-order valence-electron chi connectivity index (χ4n) is 1.93. The Hall–Kier alpha value is 0.400. The topological polar surface area (TPSA) is 18.5 Å².